The van der Waals surface area contributed by atoms with Crippen molar-refractivity contribution in [1.82, 2.24) is 4.57 Å². The summed E-state index contributed by atoms with van der Waals surface area (Å²) >= 11 is 1.74. The van der Waals surface area contributed by atoms with Gasteiger partial charge in [-0.25, -0.2) is 0 Å². The number of benzene rings is 1. The predicted octanol–water partition coefficient (Wildman–Crippen LogP) is 2.86. The summed E-state index contributed by atoms with van der Waals surface area (Å²) in [5.74, 6) is 0.850. The highest BCUT2D eigenvalue weighted by atomic mass is 32.2. The maximum atomic E-state index is 12.9. The minimum atomic E-state index is -0.110. The minimum absolute atomic E-state index is 0.0103. The highest BCUT2D eigenvalue weighted by molar-refractivity contribution is 7.99. The molecular weight excluding hydrogens is 294 g/mol. The lowest BCUT2D eigenvalue weighted by Gasteiger charge is -2.31. The van der Waals surface area contributed by atoms with Crippen LogP contribution in [0.5, 0.6) is 0 Å². The highest BCUT2D eigenvalue weighted by Crippen LogP contribution is 2.39. The second-order valence-corrected chi connectivity index (χ2v) is 7.71. The molecule has 1 aliphatic heterocycles. The van der Waals surface area contributed by atoms with E-state index in [0.29, 0.717) is 29.0 Å². The first-order valence-electron chi connectivity index (χ1n) is 7.10. The molecule has 5 heteroatoms. The third kappa shape index (κ3) is 2.30. The van der Waals surface area contributed by atoms with Crippen LogP contribution < -0.4 is 11.3 Å². The largest absolute Gasteiger partial charge is 0.384 e. The Bertz CT molecular complexity index is 832. The lowest BCUT2D eigenvalue weighted by molar-refractivity contribution is 0.686. The van der Waals surface area contributed by atoms with E-state index in [2.05, 4.69) is 19.9 Å². The van der Waals surface area contributed by atoms with E-state index in [9.17, 15) is 10.1 Å². The van der Waals surface area contributed by atoms with Gasteiger partial charge >= 0.3 is 0 Å². The third-order valence-electron chi connectivity index (χ3n) is 3.96. The number of fused-ring (bicyclic) bond motifs is 1. The minimum Gasteiger partial charge on any atom is -0.384 e. The van der Waals surface area contributed by atoms with E-state index in [1.165, 1.54) is 4.57 Å². The SMILES string of the molecule is CC1(C)Cc2c(C#N)c(N)n(-c3ccccc3)c(=O)c2CS1. The van der Waals surface area contributed by atoms with Gasteiger partial charge in [-0.15, -0.1) is 0 Å². The van der Waals surface area contributed by atoms with Crippen LogP contribution in [0.1, 0.15) is 30.5 Å². The molecule has 1 aliphatic rings. The van der Waals surface area contributed by atoms with Crippen molar-refractivity contribution in [3.05, 3.63) is 57.4 Å². The molecule has 112 valence electrons. The van der Waals surface area contributed by atoms with E-state index in [0.717, 1.165) is 5.56 Å². The van der Waals surface area contributed by atoms with Crippen molar-refractivity contribution in [2.75, 3.05) is 5.73 Å². The molecule has 2 heterocycles. The fourth-order valence-corrected chi connectivity index (χ4v) is 3.92. The lowest BCUT2D eigenvalue weighted by atomic mass is 9.94. The molecule has 2 aromatic rings. The maximum absolute atomic E-state index is 12.9. The first kappa shape index (κ1) is 14.7. The summed E-state index contributed by atoms with van der Waals surface area (Å²) in [6, 6.07) is 11.4. The van der Waals surface area contributed by atoms with Crippen LogP contribution in [0.3, 0.4) is 0 Å². The Morgan fingerprint density at radius 2 is 1.95 bits per heavy atom. The van der Waals surface area contributed by atoms with Crippen LogP contribution >= 0.6 is 11.8 Å². The molecule has 0 spiro atoms. The van der Waals surface area contributed by atoms with Gasteiger partial charge in [0, 0.05) is 16.1 Å². The Morgan fingerprint density at radius 1 is 1.27 bits per heavy atom. The molecule has 3 rings (SSSR count). The zero-order valence-electron chi connectivity index (χ0n) is 12.6. The lowest BCUT2D eigenvalue weighted by Crippen LogP contribution is -2.34. The van der Waals surface area contributed by atoms with E-state index >= 15 is 0 Å². The van der Waals surface area contributed by atoms with Gasteiger partial charge in [0.2, 0.25) is 0 Å². The Hall–Kier alpha value is -2.19. The number of nitriles is 1. The fraction of sp³-hybridized carbons (Fsp3) is 0.294. The first-order valence-corrected chi connectivity index (χ1v) is 8.09. The summed E-state index contributed by atoms with van der Waals surface area (Å²) in [4.78, 5) is 12.9. The van der Waals surface area contributed by atoms with Crippen molar-refractivity contribution >= 4 is 17.6 Å². The third-order valence-corrected chi connectivity index (χ3v) is 5.32. The maximum Gasteiger partial charge on any atom is 0.261 e. The van der Waals surface area contributed by atoms with Crippen LogP contribution in [0.2, 0.25) is 0 Å². The average molecular weight is 311 g/mol. The number of aromatic nitrogens is 1. The van der Waals surface area contributed by atoms with Gasteiger partial charge in [0.1, 0.15) is 11.9 Å². The van der Waals surface area contributed by atoms with Gasteiger partial charge in [0.25, 0.3) is 5.56 Å². The van der Waals surface area contributed by atoms with Crippen molar-refractivity contribution in [2.45, 2.75) is 30.8 Å². The van der Waals surface area contributed by atoms with Crippen molar-refractivity contribution in [3.63, 3.8) is 0 Å². The van der Waals surface area contributed by atoms with E-state index in [-0.39, 0.29) is 16.1 Å². The molecule has 0 atom stereocenters. The van der Waals surface area contributed by atoms with Gasteiger partial charge in [-0.1, -0.05) is 32.0 Å². The number of pyridine rings is 1. The molecule has 0 radical (unpaired) electrons. The number of hydrogen-bond acceptors (Lipinski definition) is 4. The second kappa shape index (κ2) is 5.22. The monoisotopic (exact) mass is 311 g/mol. The molecule has 0 saturated heterocycles. The quantitative estimate of drug-likeness (QED) is 0.879. The average Bonchev–Trinajstić information content (AvgIpc) is 2.48. The number of hydrogen-bond donors (Lipinski definition) is 1. The molecule has 1 aromatic carbocycles. The molecule has 1 aromatic heterocycles. The molecule has 0 unspecified atom stereocenters. The molecule has 0 aliphatic carbocycles. The molecule has 0 saturated carbocycles. The summed E-state index contributed by atoms with van der Waals surface area (Å²) in [6.07, 6.45) is 0.685. The standard InChI is InChI=1S/C17H17N3OS/c1-17(2)8-12-13(9-18)15(19)20(11-6-4-3-5-7-11)16(21)14(12)10-22-17/h3-7H,8,10,19H2,1-2H3. The zero-order chi connectivity index (χ0) is 15.9. The molecule has 4 nitrogen and oxygen atoms in total. The number of thioether (sulfide) groups is 1. The van der Waals surface area contributed by atoms with Crippen LogP contribution in [0.4, 0.5) is 5.82 Å². The van der Waals surface area contributed by atoms with Crippen LogP contribution in [0.15, 0.2) is 35.1 Å². The summed E-state index contributed by atoms with van der Waals surface area (Å²) < 4.78 is 1.46. The first-order chi connectivity index (χ1) is 10.4. The zero-order valence-corrected chi connectivity index (χ0v) is 13.4. The Balaban J connectivity index is 2.33. The molecule has 2 N–H and O–H groups in total. The molecule has 0 bridgehead atoms. The Morgan fingerprint density at radius 3 is 2.59 bits per heavy atom. The van der Waals surface area contributed by atoms with Crippen molar-refractivity contribution < 1.29 is 0 Å². The number of nitrogens with zero attached hydrogens (tertiary/aromatic N) is 2. The van der Waals surface area contributed by atoms with Crippen molar-refractivity contribution in [3.8, 4) is 11.8 Å². The molecule has 0 amide bonds. The van der Waals surface area contributed by atoms with Crippen LogP contribution in [-0.4, -0.2) is 9.31 Å². The van der Waals surface area contributed by atoms with Gasteiger partial charge in [-0.2, -0.15) is 17.0 Å². The number of para-hydroxylation sites is 1. The Labute approximate surface area is 133 Å². The highest BCUT2D eigenvalue weighted by Gasteiger charge is 2.32. The van der Waals surface area contributed by atoms with Crippen molar-refractivity contribution in [2.24, 2.45) is 0 Å². The van der Waals surface area contributed by atoms with Gasteiger partial charge in [0.05, 0.1) is 11.3 Å². The van der Waals surface area contributed by atoms with Crippen LogP contribution in [0.25, 0.3) is 5.69 Å². The number of nitrogen functional groups attached to an aromatic ring is 1. The number of anilines is 1. The van der Waals surface area contributed by atoms with E-state index in [4.69, 9.17) is 5.73 Å². The van der Waals surface area contributed by atoms with E-state index in [1.807, 2.05) is 30.3 Å². The number of rotatable bonds is 1. The summed E-state index contributed by atoms with van der Waals surface area (Å²) in [7, 11) is 0. The summed E-state index contributed by atoms with van der Waals surface area (Å²) in [6.45, 7) is 4.25. The summed E-state index contributed by atoms with van der Waals surface area (Å²) in [5.41, 5.74) is 8.72. The fourth-order valence-electron chi connectivity index (χ4n) is 2.84. The summed E-state index contributed by atoms with van der Waals surface area (Å²) in [5, 5.41) is 9.55. The molecular formula is C17H17N3OS. The molecule has 22 heavy (non-hydrogen) atoms. The van der Waals surface area contributed by atoms with E-state index < -0.39 is 0 Å². The van der Waals surface area contributed by atoms with Gasteiger partial charge in [-0.3, -0.25) is 9.36 Å². The topological polar surface area (TPSA) is 71.8 Å². The van der Waals surface area contributed by atoms with Gasteiger partial charge in [0.15, 0.2) is 0 Å². The van der Waals surface area contributed by atoms with Gasteiger partial charge in [-0.05, 0) is 24.1 Å². The van der Waals surface area contributed by atoms with Gasteiger partial charge < -0.3 is 5.73 Å². The van der Waals surface area contributed by atoms with Crippen molar-refractivity contribution in [1.29, 1.82) is 5.26 Å². The normalized spacial score (nSPS) is 15.9. The van der Waals surface area contributed by atoms with E-state index in [1.54, 1.807) is 11.8 Å². The second-order valence-electron chi connectivity index (χ2n) is 6.03. The predicted molar refractivity (Wildman–Crippen MR) is 90.2 cm³/mol. The molecule has 0 fully saturated rings. The number of nitrogens with two attached hydrogens (primary N) is 1. The van der Waals surface area contributed by atoms with Crippen LogP contribution in [0, 0.1) is 11.3 Å². The van der Waals surface area contributed by atoms with Crippen LogP contribution in [-0.2, 0) is 12.2 Å². The smallest absolute Gasteiger partial charge is 0.261 e. The Kier molecular flexibility index (Phi) is 3.50.